The number of Topliss-reactive ketones (excluding diaryl/α,β-unsaturated/α-hetero) is 1. The minimum atomic E-state index is -0.180. The number of methoxy groups -OCH3 is 1. The third-order valence-corrected chi connectivity index (χ3v) is 2.53. The van der Waals surface area contributed by atoms with E-state index in [-0.39, 0.29) is 23.6 Å². The minimum Gasteiger partial charge on any atom is -0.507 e. The fourth-order valence-corrected chi connectivity index (χ4v) is 1.67. The number of ketones is 1. The molecule has 1 rings (SSSR count). The SMILES string of the molecule is CNCC(=O)c1cc(OC)c(Br)cc1O. The number of halogens is 1. The summed E-state index contributed by atoms with van der Waals surface area (Å²) in [5.41, 5.74) is 0.254. The summed E-state index contributed by atoms with van der Waals surface area (Å²) in [4.78, 5) is 11.6. The van der Waals surface area contributed by atoms with Crippen molar-refractivity contribution in [2.24, 2.45) is 0 Å². The Hall–Kier alpha value is -1.07. The Morgan fingerprint density at radius 1 is 1.60 bits per heavy atom. The lowest BCUT2D eigenvalue weighted by Gasteiger charge is -2.08. The maximum Gasteiger partial charge on any atom is 0.180 e. The van der Waals surface area contributed by atoms with E-state index in [9.17, 15) is 9.90 Å². The fraction of sp³-hybridized carbons (Fsp3) is 0.300. The lowest BCUT2D eigenvalue weighted by Crippen LogP contribution is -2.18. The molecule has 0 radical (unpaired) electrons. The van der Waals surface area contributed by atoms with Gasteiger partial charge in [-0.25, -0.2) is 0 Å². The van der Waals surface area contributed by atoms with E-state index in [1.165, 1.54) is 19.2 Å². The van der Waals surface area contributed by atoms with Gasteiger partial charge in [0, 0.05) is 0 Å². The quantitative estimate of drug-likeness (QED) is 0.818. The van der Waals surface area contributed by atoms with Crippen molar-refractivity contribution in [2.45, 2.75) is 0 Å². The average Bonchev–Trinajstić information content (AvgIpc) is 2.18. The molecule has 1 aromatic carbocycles. The van der Waals surface area contributed by atoms with Gasteiger partial charge in [-0.1, -0.05) is 0 Å². The highest BCUT2D eigenvalue weighted by molar-refractivity contribution is 9.10. The van der Waals surface area contributed by atoms with Crippen LogP contribution < -0.4 is 10.1 Å². The van der Waals surface area contributed by atoms with Crippen molar-refractivity contribution >= 4 is 21.7 Å². The Morgan fingerprint density at radius 3 is 2.80 bits per heavy atom. The zero-order valence-corrected chi connectivity index (χ0v) is 10.1. The molecule has 1 aromatic rings. The van der Waals surface area contributed by atoms with E-state index in [0.717, 1.165) is 0 Å². The van der Waals surface area contributed by atoms with Crippen molar-refractivity contribution in [3.8, 4) is 11.5 Å². The van der Waals surface area contributed by atoms with Crippen molar-refractivity contribution in [1.82, 2.24) is 5.32 Å². The van der Waals surface area contributed by atoms with Gasteiger partial charge in [0.25, 0.3) is 0 Å². The summed E-state index contributed by atoms with van der Waals surface area (Å²) in [7, 11) is 3.18. The number of benzene rings is 1. The fourth-order valence-electron chi connectivity index (χ4n) is 1.18. The van der Waals surface area contributed by atoms with Crippen molar-refractivity contribution in [3.05, 3.63) is 22.2 Å². The zero-order valence-electron chi connectivity index (χ0n) is 8.50. The summed E-state index contributed by atoms with van der Waals surface area (Å²) >= 11 is 3.22. The van der Waals surface area contributed by atoms with Crippen LogP contribution in [0.25, 0.3) is 0 Å². The van der Waals surface area contributed by atoms with Crippen LogP contribution in [0.3, 0.4) is 0 Å². The second kappa shape index (κ2) is 5.14. The molecular weight excluding hydrogens is 262 g/mol. The number of hydrogen-bond acceptors (Lipinski definition) is 4. The number of phenols is 1. The van der Waals surface area contributed by atoms with Gasteiger partial charge in [-0.2, -0.15) is 0 Å². The monoisotopic (exact) mass is 273 g/mol. The number of phenolic OH excluding ortho intramolecular Hbond substituents is 1. The maximum atomic E-state index is 11.6. The van der Waals surface area contributed by atoms with Crippen LogP contribution in [-0.2, 0) is 0 Å². The highest BCUT2D eigenvalue weighted by atomic mass is 79.9. The van der Waals surface area contributed by atoms with Crippen LogP contribution in [0.2, 0.25) is 0 Å². The van der Waals surface area contributed by atoms with Crippen molar-refractivity contribution < 1.29 is 14.6 Å². The molecule has 4 nitrogen and oxygen atoms in total. The number of carbonyl (C=O) groups is 1. The molecule has 0 bridgehead atoms. The molecule has 2 N–H and O–H groups in total. The molecule has 0 saturated carbocycles. The maximum absolute atomic E-state index is 11.6. The molecule has 0 unspecified atom stereocenters. The summed E-state index contributed by atoms with van der Waals surface area (Å²) in [5, 5.41) is 12.3. The van der Waals surface area contributed by atoms with E-state index in [1.54, 1.807) is 7.05 Å². The van der Waals surface area contributed by atoms with Gasteiger partial charge in [-0.15, -0.1) is 0 Å². The van der Waals surface area contributed by atoms with Gasteiger partial charge in [-0.3, -0.25) is 4.79 Å². The van der Waals surface area contributed by atoms with Crippen LogP contribution in [-0.4, -0.2) is 31.6 Å². The first-order valence-corrected chi connectivity index (χ1v) is 5.13. The molecule has 0 aliphatic carbocycles. The number of carbonyl (C=O) groups excluding carboxylic acids is 1. The van der Waals surface area contributed by atoms with E-state index in [4.69, 9.17) is 4.74 Å². The summed E-state index contributed by atoms with van der Waals surface area (Å²) in [6.07, 6.45) is 0. The minimum absolute atomic E-state index is 0.0528. The van der Waals surface area contributed by atoms with Gasteiger partial charge >= 0.3 is 0 Å². The lowest BCUT2D eigenvalue weighted by molar-refractivity contribution is 0.0990. The molecule has 5 heteroatoms. The second-order valence-corrected chi connectivity index (χ2v) is 3.81. The largest absolute Gasteiger partial charge is 0.507 e. The Balaban J connectivity index is 3.12. The van der Waals surface area contributed by atoms with Crippen LogP contribution in [0, 0.1) is 0 Å². The molecule has 0 aliphatic heterocycles. The smallest absolute Gasteiger partial charge is 0.180 e. The molecule has 0 spiro atoms. The number of aromatic hydroxyl groups is 1. The van der Waals surface area contributed by atoms with E-state index in [1.807, 2.05) is 0 Å². The molecule has 0 fully saturated rings. The summed E-state index contributed by atoms with van der Waals surface area (Å²) in [6.45, 7) is 0.179. The average molecular weight is 274 g/mol. The topological polar surface area (TPSA) is 58.6 Å². The van der Waals surface area contributed by atoms with Gasteiger partial charge < -0.3 is 15.2 Å². The van der Waals surface area contributed by atoms with Crippen LogP contribution in [0.4, 0.5) is 0 Å². The number of ether oxygens (including phenoxy) is 1. The number of rotatable bonds is 4. The van der Waals surface area contributed by atoms with Crippen LogP contribution >= 0.6 is 15.9 Å². The van der Waals surface area contributed by atoms with E-state index in [2.05, 4.69) is 21.2 Å². The van der Waals surface area contributed by atoms with Crippen LogP contribution in [0.1, 0.15) is 10.4 Å². The molecular formula is C10H12BrNO3. The first kappa shape index (κ1) is 12.0. The first-order valence-electron chi connectivity index (χ1n) is 4.34. The Morgan fingerprint density at radius 2 is 2.27 bits per heavy atom. The van der Waals surface area contributed by atoms with Crippen LogP contribution in [0.15, 0.2) is 16.6 Å². The van der Waals surface area contributed by atoms with Crippen LogP contribution in [0.5, 0.6) is 11.5 Å². The predicted octanol–water partition coefficient (Wildman–Crippen LogP) is 1.57. The predicted molar refractivity (Wildman–Crippen MR) is 60.6 cm³/mol. The van der Waals surface area contributed by atoms with Gasteiger partial charge in [0.15, 0.2) is 5.78 Å². The Kier molecular flexibility index (Phi) is 4.11. The zero-order chi connectivity index (χ0) is 11.4. The summed E-state index contributed by atoms with van der Waals surface area (Å²) in [6, 6.07) is 2.96. The normalized spacial score (nSPS) is 10.1. The summed E-state index contributed by atoms with van der Waals surface area (Å²) < 4.78 is 5.65. The van der Waals surface area contributed by atoms with Crippen molar-refractivity contribution in [1.29, 1.82) is 0 Å². The molecule has 0 saturated heterocycles. The molecule has 0 aromatic heterocycles. The third-order valence-electron chi connectivity index (χ3n) is 1.91. The van der Waals surface area contributed by atoms with Crippen molar-refractivity contribution in [2.75, 3.05) is 20.7 Å². The second-order valence-electron chi connectivity index (χ2n) is 2.96. The summed E-state index contributed by atoms with van der Waals surface area (Å²) in [5.74, 6) is 0.288. The van der Waals surface area contributed by atoms with Gasteiger partial charge in [-0.05, 0) is 35.1 Å². The first-order chi connectivity index (χ1) is 7.10. The standard InChI is InChI=1S/C10H12BrNO3/c1-12-5-9(14)6-3-10(15-2)7(11)4-8(6)13/h3-4,12-13H,5H2,1-2H3. The number of nitrogens with one attached hydrogen (secondary N) is 1. The van der Waals surface area contributed by atoms with Gasteiger partial charge in [0.2, 0.25) is 0 Å². The van der Waals surface area contributed by atoms with Gasteiger partial charge in [0.1, 0.15) is 11.5 Å². The van der Waals surface area contributed by atoms with E-state index >= 15 is 0 Å². The number of likely N-dealkylation sites (N-methyl/N-ethyl adjacent to an activating group) is 1. The molecule has 0 heterocycles. The molecule has 82 valence electrons. The number of hydrogen-bond donors (Lipinski definition) is 2. The Labute approximate surface area is 96.4 Å². The van der Waals surface area contributed by atoms with E-state index in [0.29, 0.717) is 10.2 Å². The van der Waals surface area contributed by atoms with E-state index < -0.39 is 0 Å². The highest BCUT2D eigenvalue weighted by Gasteiger charge is 2.14. The molecule has 0 amide bonds. The van der Waals surface area contributed by atoms with Gasteiger partial charge in [0.05, 0.1) is 23.7 Å². The highest BCUT2D eigenvalue weighted by Crippen LogP contribution is 2.32. The molecule has 0 aliphatic rings. The van der Waals surface area contributed by atoms with Crippen molar-refractivity contribution in [3.63, 3.8) is 0 Å². The lowest BCUT2D eigenvalue weighted by atomic mass is 10.1. The third kappa shape index (κ3) is 2.70. The Bertz CT molecular complexity index is 379. The molecule has 0 atom stereocenters. The molecule has 15 heavy (non-hydrogen) atoms.